The van der Waals surface area contributed by atoms with Crippen molar-refractivity contribution in [3.05, 3.63) is 28.8 Å². The van der Waals surface area contributed by atoms with Crippen LogP contribution in [0.15, 0.2) is 23.1 Å². The summed E-state index contributed by atoms with van der Waals surface area (Å²) in [5, 5.41) is 11.8. The van der Waals surface area contributed by atoms with Crippen molar-refractivity contribution in [3.8, 4) is 0 Å². The number of hydrogen-bond donors (Lipinski definition) is 1. The average molecular weight is 410 g/mol. The van der Waals surface area contributed by atoms with E-state index in [1.54, 1.807) is 18.2 Å². The van der Waals surface area contributed by atoms with Crippen molar-refractivity contribution >= 4 is 38.1 Å². The number of carbonyl (C=O) groups is 1. The number of rotatable bonds is 7. The smallest absolute Gasteiger partial charge is 0.245 e. The molecule has 146 valence electrons. The number of nitrogens with zero attached hydrogens (tertiary/aromatic N) is 4. The van der Waals surface area contributed by atoms with Crippen LogP contribution in [-0.2, 0) is 21.2 Å². The van der Waals surface area contributed by atoms with Gasteiger partial charge in [-0.05, 0) is 37.1 Å². The second-order valence-electron chi connectivity index (χ2n) is 6.23. The molecular formula is C17H23N5O3S2. The highest BCUT2D eigenvalue weighted by molar-refractivity contribution is 7.89. The van der Waals surface area contributed by atoms with E-state index in [4.69, 9.17) is 0 Å². The molecule has 0 aliphatic carbocycles. The summed E-state index contributed by atoms with van der Waals surface area (Å²) in [7, 11) is -3.48. The van der Waals surface area contributed by atoms with Crippen molar-refractivity contribution in [2.24, 2.45) is 0 Å². The lowest BCUT2D eigenvalue weighted by Crippen LogP contribution is -2.32. The zero-order valence-corrected chi connectivity index (χ0v) is 17.2. The van der Waals surface area contributed by atoms with Gasteiger partial charge in [-0.3, -0.25) is 10.1 Å². The second-order valence-corrected chi connectivity index (χ2v) is 9.35. The first kappa shape index (κ1) is 19.7. The minimum absolute atomic E-state index is 0.168. The Morgan fingerprint density at radius 3 is 2.67 bits per heavy atom. The lowest BCUT2D eigenvalue weighted by atomic mass is 10.2. The van der Waals surface area contributed by atoms with Crippen LogP contribution < -0.4 is 10.2 Å². The highest BCUT2D eigenvalue weighted by atomic mass is 32.2. The molecule has 0 saturated heterocycles. The van der Waals surface area contributed by atoms with Gasteiger partial charge in [-0.2, -0.15) is 4.31 Å². The Labute approximate surface area is 163 Å². The SMILES string of the molecule is CCN(CC)S(=O)(=O)c1ccc2c(c1)CCN2CC(=O)Nc1nnc(C)s1. The number of fused-ring (bicyclic) bond motifs is 1. The molecule has 10 heteroatoms. The van der Waals surface area contributed by atoms with E-state index in [2.05, 4.69) is 15.5 Å². The summed E-state index contributed by atoms with van der Waals surface area (Å²) in [6.45, 7) is 7.22. The van der Waals surface area contributed by atoms with Crippen LogP contribution in [0.4, 0.5) is 10.8 Å². The first-order chi connectivity index (χ1) is 12.8. The van der Waals surface area contributed by atoms with Gasteiger partial charge in [0.15, 0.2) is 0 Å². The highest BCUT2D eigenvalue weighted by Crippen LogP contribution is 2.31. The number of sulfonamides is 1. The zero-order valence-electron chi connectivity index (χ0n) is 15.6. The van der Waals surface area contributed by atoms with E-state index in [-0.39, 0.29) is 12.5 Å². The number of nitrogens with one attached hydrogen (secondary N) is 1. The number of anilines is 2. The van der Waals surface area contributed by atoms with Crippen LogP contribution in [0.5, 0.6) is 0 Å². The Morgan fingerprint density at radius 2 is 2.04 bits per heavy atom. The van der Waals surface area contributed by atoms with Gasteiger partial charge in [0.2, 0.25) is 21.1 Å². The van der Waals surface area contributed by atoms with Gasteiger partial charge in [0.1, 0.15) is 5.01 Å². The predicted octanol–water partition coefficient (Wildman–Crippen LogP) is 1.88. The molecule has 0 saturated carbocycles. The van der Waals surface area contributed by atoms with Crippen molar-refractivity contribution in [2.75, 3.05) is 36.4 Å². The van der Waals surface area contributed by atoms with Gasteiger partial charge in [0, 0.05) is 25.3 Å². The topological polar surface area (TPSA) is 95.5 Å². The molecule has 1 amide bonds. The first-order valence-corrected chi connectivity index (χ1v) is 11.1. The van der Waals surface area contributed by atoms with Crippen LogP contribution in [0.25, 0.3) is 0 Å². The molecule has 8 nitrogen and oxygen atoms in total. The predicted molar refractivity (Wildman–Crippen MR) is 106 cm³/mol. The van der Waals surface area contributed by atoms with E-state index in [0.29, 0.717) is 36.1 Å². The Bertz CT molecular complexity index is 938. The molecule has 0 atom stereocenters. The second kappa shape index (κ2) is 7.91. The largest absolute Gasteiger partial charge is 0.362 e. The van der Waals surface area contributed by atoms with Gasteiger partial charge in [-0.15, -0.1) is 10.2 Å². The fraction of sp³-hybridized carbons (Fsp3) is 0.471. The van der Waals surface area contributed by atoms with E-state index < -0.39 is 10.0 Å². The van der Waals surface area contributed by atoms with Crippen molar-refractivity contribution < 1.29 is 13.2 Å². The molecule has 1 N–H and O–H groups in total. The minimum Gasteiger partial charge on any atom is -0.362 e. The van der Waals surface area contributed by atoms with Crippen molar-refractivity contribution in [1.29, 1.82) is 0 Å². The van der Waals surface area contributed by atoms with Gasteiger partial charge in [-0.1, -0.05) is 25.2 Å². The number of amides is 1. The Hall–Kier alpha value is -2.04. The van der Waals surface area contributed by atoms with Crippen LogP contribution >= 0.6 is 11.3 Å². The zero-order chi connectivity index (χ0) is 19.6. The normalized spacial score (nSPS) is 13.9. The van der Waals surface area contributed by atoms with Gasteiger partial charge in [0.05, 0.1) is 11.4 Å². The number of aryl methyl sites for hydroxylation is 1. The Morgan fingerprint density at radius 1 is 1.30 bits per heavy atom. The maximum Gasteiger partial charge on any atom is 0.245 e. The summed E-state index contributed by atoms with van der Waals surface area (Å²) >= 11 is 1.33. The summed E-state index contributed by atoms with van der Waals surface area (Å²) in [6.07, 6.45) is 0.710. The summed E-state index contributed by atoms with van der Waals surface area (Å²) < 4.78 is 26.8. The molecule has 27 heavy (non-hydrogen) atoms. The third-order valence-corrected chi connectivity index (χ3v) is 7.29. The Kier molecular flexibility index (Phi) is 5.78. The standard InChI is InChI=1S/C17H23N5O3S2/c1-4-22(5-2)27(24,25)14-6-7-15-13(10-14)8-9-21(15)11-16(23)18-17-20-19-12(3)26-17/h6-7,10H,4-5,8-9,11H2,1-3H3,(H,18,20,23). The van der Waals surface area contributed by atoms with E-state index in [9.17, 15) is 13.2 Å². The fourth-order valence-electron chi connectivity index (χ4n) is 3.16. The van der Waals surface area contributed by atoms with E-state index in [1.165, 1.54) is 15.6 Å². The number of hydrogen-bond acceptors (Lipinski definition) is 7. The molecule has 1 aromatic carbocycles. The molecule has 1 aromatic heterocycles. The fourth-order valence-corrected chi connectivity index (χ4v) is 5.28. The molecule has 2 heterocycles. The van der Waals surface area contributed by atoms with E-state index in [1.807, 2.05) is 25.7 Å². The summed E-state index contributed by atoms with van der Waals surface area (Å²) in [5.74, 6) is -0.168. The lowest BCUT2D eigenvalue weighted by molar-refractivity contribution is -0.115. The van der Waals surface area contributed by atoms with Crippen LogP contribution in [0, 0.1) is 6.92 Å². The van der Waals surface area contributed by atoms with Crippen LogP contribution in [0.3, 0.4) is 0 Å². The van der Waals surface area contributed by atoms with Gasteiger partial charge in [0.25, 0.3) is 0 Å². The molecule has 2 aromatic rings. The Balaban J connectivity index is 1.73. The minimum atomic E-state index is -3.48. The number of aromatic nitrogens is 2. The van der Waals surface area contributed by atoms with Gasteiger partial charge in [-0.25, -0.2) is 8.42 Å². The molecule has 0 spiro atoms. The van der Waals surface area contributed by atoms with Crippen LogP contribution in [-0.4, -0.2) is 55.0 Å². The summed E-state index contributed by atoms with van der Waals surface area (Å²) in [5.41, 5.74) is 1.85. The quantitative estimate of drug-likeness (QED) is 0.750. The number of carbonyl (C=O) groups excluding carboxylic acids is 1. The first-order valence-electron chi connectivity index (χ1n) is 8.83. The van der Waals surface area contributed by atoms with Crippen molar-refractivity contribution in [1.82, 2.24) is 14.5 Å². The van der Waals surface area contributed by atoms with E-state index in [0.717, 1.165) is 16.3 Å². The molecule has 0 fully saturated rings. The third-order valence-electron chi connectivity index (χ3n) is 4.49. The van der Waals surface area contributed by atoms with Crippen molar-refractivity contribution in [3.63, 3.8) is 0 Å². The monoisotopic (exact) mass is 409 g/mol. The molecular weight excluding hydrogens is 386 g/mol. The average Bonchev–Trinajstić information content (AvgIpc) is 3.21. The molecule has 1 aliphatic rings. The maximum atomic E-state index is 12.7. The third kappa shape index (κ3) is 4.12. The van der Waals surface area contributed by atoms with E-state index >= 15 is 0 Å². The molecule has 1 aliphatic heterocycles. The van der Waals surface area contributed by atoms with Crippen LogP contribution in [0.2, 0.25) is 0 Å². The highest BCUT2D eigenvalue weighted by Gasteiger charge is 2.26. The van der Waals surface area contributed by atoms with Crippen molar-refractivity contribution in [2.45, 2.75) is 32.1 Å². The molecule has 0 radical (unpaired) electrons. The lowest BCUT2D eigenvalue weighted by Gasteiger charge is -2.20. The maximum absolute atomic E-state index is 12.7. The summed E-state index contributed by atoms with van der Waals surface area (Å²) in [6, 6.07) is 5.15. The molecule has 3 rings (SSSR count). The summed E-state index contributed by atoms with van der Waals surface area (Å²) in [4.78, 5) is 14.5. The number of benzene rings is 1. The molecule has 0 unspecified atom stereocenters. The van der Waals surface area contributed by atoms with Crippen LogP contribution in [0.1, 0.15) is 24.4 Å². The van der Waals surface area contributed by atoms with Gasteiger partial charge < -0.3 is 4.90 Å². The molecule has 0 bridgehead atoms. The van der Waals surface area contributed by atoms with Gasteiger partial charge >= 0.3 is 0 Å².